The molecule has 5 atom stereocenters. The SMILES string of the molecule is CO[C@H]1CCC[C@H]2C1=C(C(=O)O)N1C(=O)[C@H]([C@H](O[Si](C)(C)C)C(F)(F)F)[C@@H]21. The number of aliphatic carboxylic acids is 1. The van der Waals surface area contributed by atoms with Gasteiger partial charge < -0.3 is 19.2 Å². The number of carbonyl (C=O) groups excluding carboxylic acids is 1. The largest absolute Gasteiger partial charge is 0.477 e. The Kier molecular flexibility index (Phi) is 4.97. The van der Waals surface area contributed by atoms with Crippen molar-refractivity contribution in [3.05, 3.63) is 11.3 Å². The third kappa shape index (κ3) is 3.31. The topological polar surface area (TPSA) is 76.1 Å². The van der Waals surface area contributed by atoms with Crippen LogP contribution in [-0.4, -0.2) is 61.7 Å². The van der Waals surface area contributed by atoms with E-state index in [0.29, 0.717) is 24.8 Å². The summed E-state index contributed by atoms with van der Waals surface area (Å²) >= 11 is 0. The Morgan fingerprint density at radius 3 is 2.41 bits per heavy atom. The molecule has 0 aromatic carbocycles. The number of β-lactam (4-membered cyclic amide) rings is 1. The van der Waals surface area contributed by atoms with Gasteiger partial charge in [-0.1, -0.05) is 0 Å². The molecule has 152 valence electrons. The summed E-state index contributed by atoms with van der Waals surface area (Å²) in [6, 6.07) is -0.834. The van der Waals surface area contributed by atoms with Gasteiger partial charge in [0, 0.05) is 13.0 Å². The molecule has 6 nitrogen and oxygen atoms in total. The van der Waals surface area contributed by atoms with E-state index in [0.717, 1.165) is 4.90 Å². The Morgan fingerprint density at radius 1 is 1.30 bits per heavy atom. The maximum absolute atomic E-state index is 13.7. The Morgan fingerprint density at radius 2 is 1.93 bits per heavy atom. The Bertz CT molecular complexity index is 687. The van der Waals surface area contributed by atoms with Crippen molar-refractivity contribution >= 4 is 20.2 Å². The fourth-order valence-corrected chi connectivity index (χ4v) is 5.66. The van der Waals surface area contributed by atoms with Crippen LogP contribution in [0.2, 0.25) is 19.6 Å². The van der Waals surface area contributed by atoms with Crippen molar-refractivity contribution in [2.75, 3.05) is 7.11 Å². The van der Waals surface area contributed by atoms with Gasteiger partial charge in [0.15, 0.2) is 14.4 Å². The highest BCUT2D eigenvalue weighted by Gasteiger charge is 2.67. The van der Waals surface area contributed by atoms with Gasteiger partial charge in [0.1, 0.15) is 5.70 Å². The lowest BCUT2D eigenvalue weighted by Gasteiger charge is -2.50. The van der Waals surface area contributed by atoms with E-state index in [4.69, 9.17) is 9.16 Å². The van der Waals surface area contributed by atoms with E-state index in [1.165, 1.54) is 7.11 Å². The minimum Gasteiger partial charge on any atom is -0.477 e. The van der Waals surface area contributed by atoms with Crippen LogP contribution in [0.25, 0.3) is 0 Å². The Hall–Kier alpha value is -1.39. The number of fused-ring (bicyclic) bond motifs is 3. The first kappa shape index (κ1) is 20.3. The summed E-state index contributed by atoms with van der Waals surface area (Å²) in [6.07, 6.45) is -5.57. The summed E-state index contributed by atoms with van der Waals surface area (Å²) in [7, 11) is -1.15. The van der Waals surface area contributed by atoms with Gasteiger partial charge in [-0.25, -0.2) is 4.79 Å². The third-order valence-corrected chi connectivity index (χ3v) is 6.42. The molecule has 2 fully saturated rings. The third-order valence-electron chi connectivity index (χ3n) is 5.46. The van der Waals surface area contributed by atoms with Crippen LogP contribution < -0.4 is 0 Å². The van der Waals surface area contributed by atoms with Crippen LogP contribution in [0, 0.1) is 11.8 Å². The number of methoxy groups -OCH3 is 1. The van der Waals surface area contributed by atoms with E-state index in [1.54, 1.807) is 19.6 Å². The average Bonchev–Trinajstić information content (AvgIpc) is 2.83. The van der Waals surface area contributed by atoms with Gasteiger partial charge in [0.25, 0.3) is 0 Å². The van der Waals surface area contributed by atoms with Crippen LogP contribution >= 0.6 is 0 Å². The minimum absolute atomic E-state index is 0.202. The molecule has 3 aliphatic rings. The number of carbonyl (C=O) groups is 2. The number of amides is 1. The lowest BCUT2D eigenvalue weighted by molar-refractivity contribution is -0.232. The van der Waals surface area contributed by atoms with Crippen LogP contribution in [0.1, 0.15) is 19.3 Å². The molecule has 0 unspecified atom stereocenters. The highest BCUT2D eigenvalue weighted by Crippen LogP contribution is 2.54. The molecule has 1 saturated carbocycles. The number of ether oxygens (including phenoxy) is 1. The van der Waals surface area contributed by atoms with Gasteiger partial charge in [-0.2, -0.15) is 13.2 Å². The monoisotopic (exact) mass is 407 g/mol. The van der Waals surface area contributed by atoms with Gasteiger partial charge in [-0.3, -0.25) is 4.79 Å². The Balaban J connectivity index is 2.00. The van der Waals surface area contributed by atoms with Crippen molar-refractivity contribution in [3.8, 4) is 0 Å². The molecule has 1 amide bonds. The highest BCUT2D eigenvalue weighted by atomic mass is 28.4. The molecule has 0 radical (unpaired) electrons. The van der Waals surface area contributed by atoms with Gasteiger partial charge in [-0.05, 0) is 44.5 Å². The van der Waals surface area contributed by atoms with E-state index in [9.17, 15) is 27.9 Å². The summed E-state index contributed by atoms with van der Waals surface area (Å²) in [5, 5.41) is 9.62. The summed E-state index contributed by atoms with van der Waals surface area (Å²) in [4.78, 5) is 25.5. The van der Waals surface area contributed by atoms with Crippen molar-refractivity contribution in [1.82, 2.24) is 4.90 Å². The van der Waals surface area contributed by atoms with E-state index in [1.807, 2.05) is 0 Å². The standard InChI is InChI=1S/C17H24F3NO5Si/c1-25-9-7-5-6-8-10(9)13(16(23)24)21-12(8)11(15(21)22)14(17(18,19)20)26-27(2,3)4/h8-9,11-12,14H,5-7H2,1-4H3,(H,23,24)/t8-,9-,11-,12+,14-/m0/s1. The zero-order valence-corrected chi connectivity index (χ0v) is 16.7. The van der Waals surface area contributed by atoms with Crippen molar-refractivity contribution < 1.29 is 37.0 Å². The normalized spacial score (nSPS) is 32.1. The summed E-state index contributed by atoms with van der Waals surface area (Å²) in [5.74, 6) is -3.98. The molecular formula is C17H24F3NO5Si. The predicted molar refractivity (Wildman–Crippen MR) is 91.2 cm³/mol. The number of hydrogen-bond acceptors (Lipinski definition) is 4. The molecule has 1 N–H and O–H groups in total. The van der Waals surface area contributed by atoms with Crippen molar-refractivity contribution in [1.29, 1.82) is 0 Å². The predicted octanol–water partition coefficient (Wildman–Crippen LogP) is 2.76. The molecular weight excluding hydrogens is 383 g/mol. The second-order valence-corrected chi connectivity index (χ2v) is 12.7. The average molecular weight is 407 g/mol. The van der Waals surface area contributed by atoms with Crippen LogP contribution in [0.5, 0.6) is 0 Å². The molecule has 3 rings (SSSR count). The molecule has 0 bridgehead atoms. The molecule has 27 heavy (non-hydrogen) atoms. The molecule has 1 saturated heterocycles. The first-order valence-electron chi connectivity index (χ1n) is 8.96. The van der Waals surface area contributed by atoms with Crippen LogP contribution in [0.3, 0.4) is 0 Å². The van der Waals surface area contributed by atoms with E-state index >= 15 is 0 Å². The molecule has 1 aliphatic carbocycles. The number of halogens is 3. The number of carboxylic acids is 1. The van der Waals surface area contributed by atoms with Crippen LogP contribution in [-0.2, 0) is 18.8 Å². The molecule has 2 heterocycles. The van der Waals surface area contributed by atoms with Crippen LogP contribution in [0.15, 0.2) is 11.3 Å². The lowest BCUT2D eigenvalue weighted by atomic mass is 9.71. The fourth-order valence-electron chi connectivity index (χ4n) is 4.62. The molecule has 0 aromatic heterocycles. The zero-order valence-electron chi connectivity index (χ0n) is 15.7. The van der Waals surface area contributed by atoms with Gasteiger partial charge in [-0.15, -0.1) is 0 Å². The maximum Gasteiger partial charge on any atom is 0.414 e. The summed E-state index contributed by atoms with van der Waals surface area (Å²) in [5.41, 5.74) is 0.248. The Labute approximate surface area is 156 Å². The lowest BCUT2D eigenvalue weighted by Crippen LogP contribution is -2.68. The maximum atomic E-state index is 13.7. The second kappa shape index (κ2) is 6.59. The van der Waals surface area contributed by atoms with Gasteiger partial charge in [0.2, 0.25) is 5.91 Å². The minimum atomic E-state index is -4.70. The number of rotatable bonds is 5. The summed E-state index contributed by atoms with van der Waals surface area (Å²) in [6.45, 7) is 4.90. The van der Waals surface area contributed by atoms with E-state index < -0.39 is 56.5 Å². The van der Waals surface area contributed by atoms with Gasteiger partial charge >= 0.3 is 12.1 Å². The molecule has 2 aliphatic heterocycles. The molecule has 0 spiro atoms. The number of carboxylic acid groups (broad SMARTS) is 1. The van der Waals surface area contributed by atoms with Crippen molar-refractivity contribution in [2.24, 2.45) is 11.8 Å². The summed E-state index contributed by atoms with van der Waals surface area (Å²) < 4.78 is 52.0. The van der Waals surface area contributed by atoms with E-state index in [2.05, 4.69) is 0 Å². The smallest absolute Gasteiger partial charge is 0.414 e. The fraction of sp³-hybridized carbons (Fsp3) is 0.765. The van der Waals surface area contributed by atoms with Crippen molar-refractivity contribution in [2.45, 2.75) is 63.3 Å². The molecule has 10 heteroatoms. The first-order valence-corrected chi connectivity index (χ1v) is 12.4. The number of alkyl halides is 3. The second-order valence-electron chi connectivity index (χ2n) is 8.29. The zero-order chi connectivity index (χ0) is 20.3. The molecule has 0 aromatic rings. The highest BCUT2D eigenvalue weighted by molar-refractivity contribution is 6.69. The first-order chi connectivity index (χ1) is 12.4. The number of nitrogens with zero attached hydrogens (tertiary/aromatic N) is 1. The van der Waals surface area contributed by atoms with Gasteiger partial charge in [0.05, 0.1) is 18.1 Å². The number of hydrogen-bond donors (Lipinski definition) is 1. The quantitative estimate of drug-likeness (QED) is 0.560. The van der Waals surface area contributed by atoms with Crippen LogP contribution in [0.4, 0.5) is 13.2 Å². The van der Waals surface area contributed by atoms with Crippen molar-refractivity contribution in [3.63, 3.8) is 0 Å². The van der Waals surface area contributed by atoms with E-state index in [-0.39, 0.29) is 5.70 Å².